The zero-order valence-corrected chi connectivity index (χ0v) is 11.6. The zero-order valence-electron chi connectivity index (χ0n) is 11.6. The number of nitrogens with two attached hydrogens (primary N) is 1. The molecule has 1 aromatic rings. The third-order valence-corrected chi connectivity index (χ3v) is 5.78. The Morgan fingerprint density at radius 2 is 1.74 bits per heavy atom. The van der Waals surface area contributed by atoms with Gasteiger partial charge in [-0.25, -0.2) is 0 Å². The van der Waals surface area contributed by atoms with Gasteiger partial charge in [-0.15, -0.1) is 10.2 Å². The van der Waals surface area contributed by atoms with Gasteiger partial charge in [0.1, 0.15) is 0 Å². The van der Waals surface area contributed by atoms with E-state index in [1.807, 2.05) is 6.92 Å². The number of hydrogen-bond acceptors (Lipinski definition) is 4. The van der Waals surface area contributed by atoms with Gasteiger partial charge in [0.25, 0.3) is 0 Å². The second-order valence-electron chi connectivity index (χ2n) is 6.92. The lowest BCUT2D eigenvalue weighted by Crippen LogP contribution is -2.48. The van der Waals surface area contributed by atoms with Crippen LogP contribution in [0.2, 0.25) is 0 Å². The highest BCUT2D eigenvalue weighted by Gasteiger charge is 2.50. The Morgan fingerprint density at radius 1 is 1.11 bits per heavy atom. The first-order chi connectivity index (χ1) is 9.24. The van der Waals surface area contributed by atoms with Gasteiger partial charge in [0, 0.05) is 6.42 Å². The quantitative estimate of drug-likeness (QED) is 0.908. The van der Waals surface area contributed by atoms with Gasteiger partial charge in [-0.3, -0.25) is 0 Å². The van der Waals surface area contributed by atoms with E-state index in [9.17, 15) is 0 Å². The largest absolute Gasteiger partial charge is 0.424 e. The van der Waals surface area contributed by atoms with E-state index in [2.05, 4.69) is 10.2 Å². The van der Waals surface area contributed by atoms with Crippen LogP contribution in [0.1, 0.15) is 56.9 Å². The molecule has 0 aliphatic heterocycles. The van der Waals surface area contributed by atoms with E-state index in [1.165, 1.54) is 32.1 Å². The Hall–Kier alpha value is -0.900. The molecule has 0 amide bonds. The number of nitrogens with zero attached hydrogens (tertiary/aromatic N) is 2. The molecule has 4 bridgehead atoms. The van der Waals surface area contributed by atoms with Crippen LogP contribution in [0.15, 0.2) is 4.42 Å². The lowest BCUT2D eigenvalue weighted by Gasteiger charge is -2.55. The van der Waals surface area contributed by atoms with Crippen molar-refractivity contribution in [3.05, 3.63) is 11.8 Å². The van der Waals surface area contributed by atoms with Crippen LogP contribution < -0.4 is 5.73 Å². The monoisotopic (exact) mass is 261 g/mol. The lowest BCUT2D eigenvalue weighted by atomic mass is 9.50. The molecule has 0 spiro atoms. The van der Waals surface area contributed by atoms with E-state index in [1.54, 1.807) is 0 Å². The number of hydrogen-bond donors (Lipinski definition) is 1. The molecule has 5 rings (SSSR count). The average Bonchev–Trinajstić information content (AvgIpc) is 2.86. The van der Waals surface area contributed by atoms with Gasteiger partial charge in [-0.05, 0) is 61.7 Å². The molecule has 1 heterocycles. The summed E-state index contributed by atoms with van der Waals surface area (Å²) in [4.78, 5) is 0. The standard InChI is InChI=1S/C15H23N3O/c1-2-12-17-18-15(19-12)14(16)13-10-4-8-3-9(6-10)7-11(13)5-8/h8-11,13-14H,2-7,16H2,1H3. The van der Waals surface area contributed by atoms with Crippen molar-refractivity contribution in [3.63, 3.8) is 0 Å². The minimum Gasteiger partial charge on any atom is -0.424 e. The highest BCUT2D eigenvalue weighted by molar-refractivity contribution is 5.04. The van der Waals surface area contributed by atoms with Crippen molar-refractivity contribution >= 4 is 0 Å². The molecule has 0 aromatic carbocycles. The summed E-state index contributed by atoms with van der Waals surface area (Å²) in [6.45, 7) is 2.03. The Balaban J connectivity index is 1.58. The van der Waals surface area contributed by atoms with Crippen LogP contribution in [0.4, 0.5) is 0 Å². The molecule has 4 fully saturated rings. The summed E-state index contributed by atoms with van der Waals surface area (Å²) < 4.78 is 5.70. The van der Waals surface area contributed by atoms with Crippen LogP contribution in [0.25, 0.3) is 0 Å². The predicted octanol–water partition coefficient (Wildman–Crippen LogP) is 2.70. The third-order valence-electron chi connectivity index (χ3n) is 5.78. The summed E-state index contributed by atoms with van der Waals surface area (Å²) in [5.74, 6) is 5.56. The van der Waals surface area contributed by atoms with Gasteiger partial charge < -0.3 is 10.2 Å². The molecule has 104 valence electrons. The van der Waals surface area contributed by atoms with Crippen molar-refractivity contribution in [1.29, 1.82) is 0 Å². The summed E-state index contributed by atoms with van der Waals surface area (Å²) in [6, 6.07) is -0.0391. The third kappa shape index (κ3) is 1.83. The molecule has 4 aliphatic rings. The van der Waals surface area contributed by atoms with Crippen molar-refractivity contribution in [3.8, 4) is 0 Å². The minimum atomic E-state index is -0.0391. The highest BCUT2D eigenvalue weighted by atomic mass is 16.4. The molecular weight excluding hydrogens is 238 g/mol. The number of aryl methyl sites for hydroxylation is 1. The highest BCUT2D eigenvalue weighted by Crippen LogP contribution is 2.58. The van der Waals surface area contributed by atoms with Crippen molar-refractivity contribution in [2.75, 3.05) is 0 Å². The lowest BCUT2D eigenvalue weighted by molar-refractivity contribution is -0.0503. The Kier molecular flexibility index (Phi) is 2.69. The SMILES string of the molecule is CCc1nnc(C(N)C2C3CC4CC(C3)CC2C4)o1. The van der Waals surface area contributed by atoms with Gasteiger partial charge >= 0.3 is 0 Å². The molecule has 2 N–H and O–H groups in total. The van der Waals surface area contributed by atoms with Crippen LogP contribution in [-0.2, 0) is 6.42 Å². The zero-order chi connectivity index (χ0) is 13.0. The van der Waals surface area contributed by atoms with Gasteiger partial charge in [0.2, 0.25) is 11.8 Å². The summed E-state index contributed by atoms with van der Waals surface area (Å²) in [5.41, 5.74) is 6.49. The van der Waals surface area contributed by atoms with Crippen molar-refractivity contribution in [2.45, 2.75) is 51.5 Å². The van der Waals surface area contributed by atoms with E-state index in [0.717, 1.165) is 30.1 Å². The molecule has 0 saturated heterocycles. The van der Waals surface area contributed by atoms with Gasteiger partial charge in [0.05, 0.1) is 6.04 Å². The van der Waals surface area contributed by atoms with Crippen LogP contribution >= 0.6 is 0 Å². The molecule has 4 aliphatic carbocycles. The molecule has 4 nitrogen and oxygen atoms in total. The number of aromatic nitrogens is 2. The molecule has 1 aromatic heterocycles. The summed E-state index contributed by atoms with van der Waals surface area (Å²) >= 11 is 0. The molecule has 1 unspecified atom stereocenters. The second kappa shape index (κ2) is 4.30. The average molecular weight is 261 g/mol. The van der Waals surface area contributed by atoms with Crippen LogP contribution in [0, 0.1) is 29.6 Å². The van der Waals surface area contributed by atoms with Crippen LogP contribution in [-0.4, -0.2) is 10.2 Å². The Bertz CT molecular complexity index is 442. The normalized spacial score (nSPS) is 41.7. The van der Waals surface area contributed by atoms with Crippen molar-refractivity contribution in [2.24, 2.45) is 35.3 Å². The van der Waals surface area contributed by atoms with E-state index < -0.39 is 0 Å². The Labute approximate surface area is 114 Å². The van der Waals surface area contributed by atoms with Crippen LogP contribution in [0.3, 0.4) is 0 Å². The topological polar surface area (TPSA) is 64.9 Å². The minimum absolute atomic E-state index is 0.0391. The van der Waals surface area contributed by atoms with Crippen molar-refractivity contribution in [1.82, 2.24) is 10.2 Å². The van der Waals surface area contributed by atoms with Gasteiger partial charge in [-0.1, -0.05) is 6.92 Å². The smallest absolute Gasteiger partial charge is 0.233 e. The molecule has 1 atom stereocenters. The summed E-state index contributed by atoms with van der Waals surface area (Å²) in [6.07, 6.45) is 7.83. The maximum Gasteiger partial charge on any atom is 0.233 e. The molecular formula is C15H23N3O. The first-order valence-electron chi connectivity index (χ1n) is 7.82. The Morgan fingerprint density at radius 3 is 2.26 bits per heavy atom. The van der Waals surface area contributed by atoms with E-state index >= 15 is 0 Å². The summed E-state index contributed by atoms with van der Waals surface area (Å²) in [5, 5.41) is 8.25. The van der Waals surface area contributed by atoms with E-state index in [-0.39, 0.29) is 6.04 Å². The first kappa shape index (κ1) is 11.9. The summed E-state index contributed by atoms with van der Waals surface area (Å²) in [7, 11) is 0. The fraction of sp³-hybridized carbons (Fsp3) is 0.867. The molecule has 0 radical (unpaired) electrons. The molecule has 4 heteroatoms. The number of rotatable bonds is 3. The van der Waals surface area contributed by atoms with Crippen LogP contribution in [0.5, 0.6) is 0 Å². The maximum atomic E-state index is 6.49. The van der Waals surface area contributed by atoms with Gasteiger partial charge in [0.15, 0.2) is 0 Å². The molecule has 19 heavy (non-hydrogen) atoms. The second-order valence-corrected chi connectivity index (χ2v) is 6.92. The van der Waals surface area contributed by atoms with E-state index in [0.29, 0.717) is 17.7 Å². The first-order valence-corrected chi connectivity index (χ1v) is 7.82. The fourth-order valence-corrected chi connectivity index (χ4v) is 5.26. The van der Waals surface area contributed by atoms with E-state index in [4.69, 9.17) is 10.2 Å². The maximum absolute atomic E-state index is 6.49. The predicted molar refractivity (Wildman–Crippen MR) is 71.1 cm³/mol. The fourth-order valence-electron chi connectivity index (χ4n) is 5.26. The molecule has 4 saturated carbocycles. The van der Waals surface area contributed by atoms with Crippen molar-refractivity contribution < 1.29 is 4.42 Å². The van der Waals surface area contributed by atoms with Gasteiger partial charge in [-0.2, -0.15) is 0 Å².